The van der Waals surface area contributed by atoms with Gasteiger partial charge in [-0.3, -0.25) is 25.0 Å². The summed E-state index contributed by atoms with van der Waals surface area (Å²) in [5.74, 6) is -0.777. The van der Waals surface area contributed by atoms with E-state index in [1.807, 2.05) is 0 Å². The SMILES string of the molecule is COc1c([N+](=O)[O-])cc(NC(=O)COc2ccc(Cl)cc2)cc1[N+](=O)[O-]. The maximum atomic E-state index is 11.9. The molecular formula is C15H12ClN3O7. The first-order valence-corrected chi connectivity index (χ1v) is 7.38. The van der Waals surface area contributed by atoms with E-state index < -0.39 is 39.5 Å². The minimum Gasteiger partial charge on any atom is -0.485 e. The number of methoxy groups -OCH3 is 1. The van der Waals surface area contributed by atoms with Crippen LogP contribution in [0.15, 0.2) is 36.4 Å². The minimum absolute atomic E-state index is 0.131. The predicted octanol–water partition coefficient (Wildman–Crippen LogP) is 3.18. The molecule has 1 amide bonds. The Hall–Kier alpha value is -3.40. The monoisotopic (exact) mass is 381 g/mol. The maximum absolute atomic E-state index is 11.9. The summed E-state index contributed by atoms with van der Waals surface area (Å²) in [4.78, 5) is 32.4. The van der Waals surface area contributed by atoms with Gasteiger partial charge in [0.2, 0.25) is 0 Å². The lowest BCUT2D eigenvalue weighted by atomic mass is 10.2. The van der Waals surface area contributed by atoms with Gasteiger partial charge in [-0.05, 0) is 24.3 Å². The molecule has 2 aromatic carbocycles. The number of hydrogen-bond donors (Lipinski definition) is 1. The molecular weight excluding hydrogens is 370 g/mol. The lowest BCUT2D eigenvalue weighted by Gasteiger charge is -2.09. The molecule has 0 fully saturated rings. The molecule has 11 heteroatoms. The first-order valence-electron chi connectivity index (χ1n) is 7.01. The number of nitro benzene ring substituents is 2. The molecule has 0 aliphatic heterocycles. The van der Waals surface area contributed by atoms with E-state index in [4.69, 9.17) is 21.1 Å². The van der Waals surface area contributed by atoms with Crippen LogP contribution in [-0.2, 0) is 4.79 Å². The molecule has 2 aromatic rings. The van der Waals surface area contributed by atoms with E-state index in [2.05, 4.69) is 5.32 Å². The van der Waals surface area contributed by atoms with Gasteiger partial charge in [-0.25, -0.2) is 0 Å². The van der Waals surface area contributed by atoms with Gasteiger partial charge in [-0.2, -0.15) is 0 Å². The zero-order chi connectivity index (χ0) is 19.3. The average Bonchev–Trinajstić information content (AvgIpc) is 2.60. The van der Waals surface area contributed by atoms with Gasteiger partial charge in [0.05, 0.1) is 22.6 Å². The molecule has 0 spiro atoms. The molecule has 0 aliphatic rings. The predicted molar refractivity (Wildman–Crippen MR) is 91.9 cm³/mol. The van der Waals surface area contributed by atoms with E-state index in [1.165, 1.54) is 0 Å². The second-order valence-corrected chi connectivity index (χ2v) is 5.29. The van der Waals surface area contributed by atoms with Crippen LogP contribution in [0.5, 0.6) is 11.5 Å². The van der Waals surface area contributed by atoms with Crippen molar-refractivity contribution in [2.45, 2.75) is 0 Å². The molecule has 1 N–H and O–H groups in total. The Morgan fingerprint density at radius 2 is 1.65 bits per heavy atom. The van der Waals surface area contributed by atoms with Crippen molar-refractivity contribution in [2.75, 3.05) is 19.0 Å². The summed E-state index contributed by atoms with van der Waals surface area (Å²) < 4.78 is 9.97. The largest absolute Gasteiger partial charge is 0.485 e. The van der Waals surface area contributed by atoms with Gasteiger partial charge in [0.15, 0.2) is 6.61 Å². The Morgan fingerprint density at radius 1 is 1.12 bits per heavy atom. The number of nitro groups is 2. The fraction of sp³-hybridized carbons (Fsp3) is 0.133. The number of anilines is 1. The number of benzene rings is 2. The molecule has 2 rings (SSSR count). The van der Waals surface area contributed by atoms with Gasteiger partial charge in [-0.15, -0.1) is 0 Å². The quantitative estimate of drug-likeness (QED) is 0.574. The van der Waals surface area contributed by atoms with Crippen LogP contribution in [0.4, 0.5) is 17.1 Å². The summed E-state index contributed by atoms with van der Waals surface area (Å²) in [6.45, 7) is -0.407. The highest BCUT2D eigenvalue weighted by Gasteiger charge is 2.28. The smallest absolute Gasteiger partial charge is 0.320 e. The first-order chi connectivity index (χ1) is 12.3. The number of nitrogens with zero attached hydrogens (tertiary/aromatic N) is 2. The summed E-state index contributed by atoms with van der Waals surface area (Å²) in [6, 6.07) is 8.19. The summed E-state index contributed by atoms with van der Waals surface area (Å²) in [7, 11) is 1.08. The Kier molecular flexibility index (Phi) is 5.91. The van der Waals surface area contributed by atoms with E-state index in [1.54, 1.807) is 24.3 Å². The average molecular weight is 382 g/mol. The van der Waals surface area contributed by atoms with Gasteiger partial charge in [0, 0.05) is 17.2 Å². The fourth-order valence-electron chi connectivity index (χ4n) is 2.03. The molecule has 0 radical (unpaired) electrons. The van der Waals surface area contributed by atoms with Crippen LogP contribution in [0, 0.1) is 20.2 Å². The van der Waals surface area contributed by atoms with Crippen LogP contribution in [0.2, 0.25) is 5.02 Å². The molecule has 0 saturated carbocycles. The van der Waals surface area contributed by atoms with E-state index >= 15 is 0 Å². The highest BCUT2D eigenvalue weighted by molar-refractivity contribution is 6.30. The first kappa shape index (κ1) is 18.9. The van der Waals surface area contributed by atoms with Gasteiger partial charge in [-0.1, -0.05) is 11.6 Å². The lowest BCUT2D eigenvalue weighted by molar-refractivity contribution is -0.395. The summed E-state index contributed by atoms with van der Waals surface area (Å²) in [5.41, 5.74) is -1.42. The summed E-state index contributed by atoms with van der Waals surface area (Å²) >= 11 is 5.73. The zero-order valence-corrected chi connectivity index (χ0v) is 14.1. The molecule has 0 aromatic heterocycles. The van der Waals surface area contributed by atoms with Crippen molar-refractivity contribution in [3.63, 3.8) is 0 Å². The van der Waals surface area contributed by atoms with Crippen molar-refractivity contribution in [2.24, 2.45) is 0 Å². The standard InChI is InChI=1S/C15H12ClN3O7/c1-25-15-12(18(21)22)6-10(7-13(15)19(23)24)17-14(20)8-26-11-4-2-9(16)3-5-11/h2-7H,8H2,1H3,(H,17,20). The molecule has 0 saturated heterocycles. The lowest BCUT2D eigenvalue weighted by Crippen LogP contribution is -2.20. The van der Waals surface area contributed by atoms with Crippen molar-refractivity contribution in [3.05, 3.63) is 61.6 Å². The van der Waals surface area contributed by atoms with Crippen molar-refractivity contribution in [1.82, 2.24) is 0 Å². The van der Waals surface area contributed by atoms with Crippen LogP contribution in [0.3, 0.4) is 0 Å². The normalized spacial score (nSPS) is 10.1. The number of nitrogens with one attached hydrogen (secondary N) is 1. The Morgan fingerprint density at radius 3 is 2.12 bits per heavy atom. The highest BCUT2D eigenvalue weighted by Crippen LogP contribution is 2.39. The fourth-order valence-corrected chi connectivity index (χ4v) is 2.15. The van der Waals surface area contributed by atoms with Crippen LogP contribution < -0.4 is 14.8 Å². The third-order valence-corrected chi connectivity index (χ3v) is 3.37. The number of amides is 1. The van der Waals surface area contributed by atoms with Crippen LogP contribution in [0.1, 0.15) is 0 Å². The molecule has 136 valence electrons. The third-order valence-electron chi connectivity index (χ3n) is 3.11. The number of halogens is 1. The second kappa shape index (κ2) is 8.12. The maximum Gasteiger partial charge on any atom is 0.320 e. The Labute approximate surface area is 151 Å². The highest BCUT2D eigenvalue weighted by atomic mass is 35.5. The molecule has 0 heterocycles. The molecule has 0 atom stereocenters. The van der Waals surface area contributed by atoms with E-state index in [0.717, 1.165) is 19.2 Å². The number of rotatable bonds is 7. The van der Waals surface area contributed by atoms with Gasteiger partial charge in [0.1, 0.15) is 5.75 Å². The van der Waals surface area contributed by atoms with Crippen LogP contribution in [-0.4, -0.2) is 29.5 Å². The van der Waals surface area contributed by atoms with Crippen molar-refractivity contribution in [3.8, 4) is 11.5 Å². The van der Waals surface area contributed by atoms with Crippen molar-refractivity contribution < 1.29 is 24.1 Å². The van der Waals surface area contributed by atoms with Gasteiger partial charge in [0.25, 0.3) is 11.7 Å². The number of ether oxygens (including phenoxy) is 2. The molecule has 0 unspecified atom stereocenters. The zero-order valence-electron chi connectivity index (χ0n) is 13.3. The number of carbonyl (C=O) groups is 1. The molecule has 10 nitrogen and oxygen atoms in total. The third kappa shape index (κ3) is 4.57. The van der Waals surface area contributed by atoms with Crippen molar-refractivity contribution in [1.29, 1.82) is 0 Å². The Bertz CT molecular complexity index is 820. The second-order valence-electron chi connectivity index (χ2n) is 4.85. The van der Waals surface area contributed by atoms with E-state index in [9.17, 15) is 25.0 Å². The Balaban J connectivity index is 2.17. The van der Waals surface area contributed by atoms with Crippen LogP contribution >= 0.6 is 11.6 Å². The van der Waals surface area contributed by atoms with Crippen LogP contribution in [0.25, 0.3) is 0 Å². The number of carbonyl (C=O) groups excluding carboxylic acids is 1. The van der Waals surface area contributed by atoms with Gasteiger partial charge < -0.3 is 14.8 Å². The molecule has 26 heavy (non-hydrogen) atoms. The van der Waals surface area contributed by atoms with E-state index in [-0.39, 0.29) is 5.69 Å². The van der Waals surface area contributed by atoms with Crippen molar-refractivity contribution >= 4 is 34.6 Å². The van der Waals surface area contributed by atoms with E-state index in [0.29, 0.717) is 10.8 Å². The summed E-state index contributed by atoms with van der Waals surface area (Å²) in [5, 5.41) is 25.0. The summed E-state index contributed by atoms with van der Waals surface area (Å²) in [6.07, 6.45) is 0. The number of hydrogen-bond acceptors (Lipinski definition) is 7. The minimum atomic E-state index is -0.842. The molecule has 0 aliphatic carbocycles. The van der Waals surface area contributed by atoms with Gasteiger partial charge >= 0.3 is 11.4 Å². The molecule has 0 bridgehead atoms. The topological polar surface area (TPSA) is 134 Å².